The highest BCUT2D eigenvalue weighted by molar-refractivity contribution is 7.15. The van der Waals surface area contributed by atoms with Gasteiger partial charge in [0.25, 0.3) is 5.56 Å². The summed E-state index contributed by atoms with van der Waals surface area (Å²) in [4.78, 5) is 18.4. The second kappa shape index (κ2) is 7.56. The third-order valence-corrected chi connectivity index (χ3v) is 6.33. The number of hydrogen-bond acceptors (Lipinski definition) is 4. The second-order valence-electron chi connectivity index (χ2n) is 7.39. The summed E-state index contributed by atoms with van der Waals surface area (Å²) in [6.07, 6.45) is 3.70. The fourth-order valence-electron chi connectivity index (χ4n) is 3.93. The Morgan fingerprint density at radius 2 is 1.90 bits per heavy atom. The lowest BCUT2D eigenvalue weighted by molar-refractivity contribution is 0.363. The average Bonchev–Trinajstić information content (AvgIpc) is 3.38. The van der Waals surface area contributed by atoms with Crippen LogP contribution in [0.25, 0.3) is 27.8 Å². The number of hydrogen-bond donors (Lipinski definition) is 0. The fraction of sp³-hybridized carbons (Fsp3) is 0.120. The van der Waals surface area contributed by atoms with Crippen LogP contribution in [-0.4, -0.2) is 20.6 Å². The predicted molar refractivity (Wildman–Crippen MR) is 127 cm³/mol. The molecule has 5 rings (SSSR count). The standard InChI is InChI=1S/C25H21N3O2S/c1-4-13-30-20-11-9-19(10-12-20)27-16(2)14-18(17(27)3)15-23-24(29)28-22-8-6-5-7-21(22)26-25(28)31-23/h4-12,14-15H,1,13H2,2-3H3/b23-15-. The zero-order valence-electron chi connectivity index (χ0n) is 17.3. The largest absolute Gasteiger partial charge is 0.490 e. The molecule has 0 spiro atoms. The van der Waals surface area contributed by atoms with E-state index in [0.717, 1.165) is 44.4 Å². The lowest BCUT2D eigenvalue weighted by Crippen LogP contribution is -2.22. The SMILES string of the molecule is C=CCOc1ccc(-n2c(C)cc(/C=c3\sc4nc5ccccc5n4c3=O)c2C)cc1. The van der Waals surface area contributed by atoms with Gasteiger partial charge in [-0.05, 0) is 68.0 Å². The highest BCUT2D eigenvalue weighted by Gasteiger charge is 2.13. The van der Waals surface area contributed by atoms with Crippen molar-refractivity contribution >= 4 is 33.4 Å². The normalized spacial score (nSPS) is 12.1. The molecule has 0 saturated carbocycles. The van der Waals surface area contributed by atoms with Gasteiger partial charge in [-0.25, -0.2) is 9.38 Å². The zero-order chi connectivity index (χ0) is 21.5. The Labute approximate surface area is 183 Å². The van der Waals surface area contributed by atoms with Crippen LogP contribution in [0.2, 0.25) is 0 Å². The summed E-state index contributed by atoms with van der Waals surface area (Å²) in [6.45, 7) is 8.29. The quantitative estimate of drug-likeness (QED) is 0.390. The van der Waals surface area contributed by atoms with Gasteiger partial charge in [0.05, 0.1) is 15.6 Å². The second-order valence-corrected chi connectivity index (χ2v) is 8.40. The van der Waals surface area contributed by atoms with E-state index in [-0.39, 0.29) is 5.56 Å². The minimum Gasteiger partial charge on any atom is -0.490 e. The summed E-state index contributed by atoms with van der Waals surface area (Å²) < 4.78 is 10.1. The van der Waals surface area contributed by atoms with Gasteiger partial charge in [-0.2, -0.15) is 0 Å². The molecular formula is C25H21N3O2S. The topological polar surface area (TPSA) is 48.5 Å². The predicted octanol–water partition coefficient (Wildman–Crippen LogP) is 4.43. The highest BCUT2D eigenvalue weighted by Crippen LogP contribution is 2.23. The smallest absolute Gasteiger partial charge is 0.274 e. The number of para-hydroxylation sites is 2. The molecule has 5 aromatic rings. The van der Waals surface area contributed by atoms with E-state index in [4.69, 9.17) is 4.74 Å². The third-order valence-electron chi connectivity index (χ3n) is 5.36. The first-order valence-corrected chi connectivity index (χ1v) is 10.8. The molecule has 0 aliphatic rings. The number of nitrogens with zero attached hydrogens (tertiary/aromatic N) is 3. The van der Waals surface area contributed by atoms with E-state index >= 15 is 0 Å². The average molecular weight is 428 g/mol. The van der Waals surface area contributed by atoms with Crippen molar-refractivity contribution < 1.29 is 4.74 Å². The number of imidazole rings is 1. The maximum Gasteiger partial charge on any atom is 0.274 e. The molecule has 0 atom stereocenters. The van der Waals surface area contributed by atoms with Crippen molar-refractivity contribution in [3.63, 3.8) is 0 Å². The third kappa shape index (κ3) is 3.25. The summed E-state index contributed by atoms with van der Waals surface area (Å²) in [6, 6.07) is 17.8. The molecule has 31 heavy (non-hydrogen) atoms. The summed E-state index contributed by atoms with van der Waals surface area (Å²) >= 11 is 1.42. The van der Waals surface area contributed by atoms with Crippen LogP contribution >= 0.6 is 11.3 Å². The van der Waals surface area contributed by atoms with Crippen LogP contribution in [0.5, 0.6) is 5.75 Å². The van der Waals surface area contributed by atoms with Crippen molar-refractivity contribution in [1.82, 2.24) is 14.0 Å². The fourth-order valence-corrected chi connectivity index (χ4v) is 4.91. The number of thiazole rings is 1. The number of aromatic nitrogens is 3. The van der Waals surface area contributed by atoms with Gasteiger partial charge in [0.15, 0.2) is 4.96 Å². The van der Waals surface area contributed by atoms with Crippen molar-refractivity contribution in [1.29, 1.82) is 0 Å². The zero-order valence-corrected chi connectivity index (χ0v) is 18.1. The molecule has 5 nitrogen and oxygen atoms in total. The van der Waals surface area contributed by atoms with E-state index in [1.54, 1.807) is 10.5 Å². The molecule has 0 aliphatic heterocycles. The van der Waals surface area contributed by atoms with Crippen molar-refractivity contribution in [2.45, 2.75) is 13.8 Å². The lowest BCUT2D eigenvalue weighted by Gasteiger charge is -2.11. The maximum absolute atomic E-state index is 13.1. The molecule has 0 bridgehead atoms. The number of ether oxygens (including phenoxy) is 1. The van der Waals surface area contributed by atoms with Gasteiger partial charge >= 0.3 is 0 Å². The number of benzene rings is 2. The van der Waals surface area contributed by atoms with Gasteiger partial charge < -0.3 is 9.30 Å². The van der Waals surface area contributed by atoms with Crippen LogP contribution in [0, 0.1) is 13.8 Å². The Hall–Kier alpha value is -3.64. The number of aryl methyl sites for hydroxylation is 1. The number of rotatable bonds is 5. The Balaban J connectivity index is 1.58. The maximum atomic E-state index is 13.1. The van der Waals surface area contributed by atoms with Crippen LogP contribution in [-0.2, 0) is 0 Å². The highest BCUT2D eigenvalue weighted by atomic mass is 32.1. The monoisotopic (exact) mass is 427 g/mol. The minimum absolute atomic E-state index is 0.0257. The molecule has 0 fully saturated rings. The molecule has 0 aliphatic carbocycles. The van der Waals surface area contributed by atoms with E-state index in [2.05, 4.69) is 36.0 Å². The van der Waals surface area contributed by atoms with Crippen LogP contribution in [0.4, 0.5) is 0 Å². The van der Waals surface area contributed by atoms with E-state index in [1.807, 2.05) is 54.6 Å². The molecule has 3 heterocycles. The molecule has 0 radical (unpaired) electrons. The van der Waals surface area contributed by atoms with E-state index in [1.165, 1.54) is 11.3 Å². The number of fused-ring (bicyclic) bond motifs is 3. The van der Waals surface area contributed by atoms with Gasteiger partial charge in [0.2, 0.25) is 0 Å². The summed E-state index contributed by atoms with van der Waals surface area (Å²) in [5.41, 5.74) is 5.92. The first kappa shape index (κ1) is 19.3. The minimum atomic E-state index is -0.0257. The molecule has 2 aromatic carbocycles. The lowest BCUT2D eigenvalue weighted by atomic mass is 10.2. The van der Waals surface area contributed by atoms with Crippen molar-refractivity contribution in [3.05, 3.63) is 99.1 Å². The molecule has 3 aromatic heterocycles. The molecule has 0 unspecified atom stereocenters. The first-order chi connectivity index (χ1) is 15.1. The molecular weight excluding hydrogens is 406 g/mol. The van der Waals surface area contributed by atoms with Gasteiger partial charge in [-0.3, -0.25) is 4.79 Å². The van der Waals surface area contributed by atoms with Gasteiger partial charge in [-0.15, -0.1) is 0 Å². The summed E-state index contributed by atoms with van der Waals surface area (Å²) in [5.74, 6) is 0.808. The van der Waals surface area contributed by atoms with Crippen LogP contribution in [0.3, 0.4) is 0 Å². The Bertz CT molecular complexity index is 1540. The summed E-state index contributed by atoms with van der Waals surface area (Å²) in [5, 5.41) is 0. The van der Waals surface area contributed by atoms with Crippen LogP contribution < -0.4 is 14.8 Å². The molecule has 0 amide bonds. The molecule has 0 saturated heterocycles. The Kier molecular flexibility index (Phi) is 4.71. The van der Waals surface area contributed by atoms with Gasteiger partial charge in [0, 0.05) is 17.1 Å². The Morgan fingerprint density at radius 3 is 2.68 bits per heavy atom. The van der Waals surface area contributed by atoms with E-state index < -0.39 is 0 Å². The van der Waals surface area contributed by atoms with Crippen LogP contribution in [0.15, 0.2) is 72.0 Å². The van der Waals surface area contributed by atoms with E-state index in [9.17, 15) is 4.79 Å². The molecule has 154 valence electrons. The van der Waals surface area contributed by atoms with Gasteiger partial charge in [-0.1, -0.05) is 36.1 Å². The molecule has 0 N–H and O–H groups in total. The van der Waals surface area contributed by atoms with Crippen molar-refractivity contribution in [2.24, 2.45) is 0 Å². The van der Waals surface area contributed by atoms with E-state index in [0.29, 0.717) is 11.1 Å². The summed E-state index contributed by atoms with van der Waals surface area (Å²) in [7, 11) is 0. The van der Waals surface area contributed by atoms with Crippen molar-refractivity contribution in [3.8, 4) is 11.4 Å². The van der Waals surface area contributed by atoms with Crippen LogP contribution in [0.1, 0.15) is 17.0 Å². The first-order valence-electron chi connectivity index (χ1n) is 10.0. The molecule has 6 heteroatoms. The Morgan fingerprint density at radius 1 is 1.13 bits per heavy atom. The van der Waals surface area contributed by atoms with Gasteiger partial charge in [0.1, 0.15) is 12.4 Å². The van der Waals surface area contributed by atoms with Crippen molar-refractivity contribution in [2.75, 3.05) is 6.61 Å².